The molecule has 0 unspecified atom stereocenters. The van der Waals surface area contributed by atoms with Crippen molar-refractivity contribution < 1.29 is 14.3 Å². The molecule has 1 amide bonds. The summed E-state index contributed by atoms with van der Waals surface area (Å²) in [6, 6.07) is 6.31. The lowest BCUT2D eigenvalue weighted by atomic mass is 9.96. The number of carbonyl (C=O) groups is 2. The van der Waals surface area contributed by atoms with Gasteiger partial charge in [0.1, 0.15) is 0 Å². The number of amides is 1. The number of hydrogen-bond donors (Lipinski definition) is 1. The summed E-state index contributed by atoms with van der Waals surface area (Å²) >= 11 is 3.04. The molecule has 0 radical (unpaired) electrons. The van der Waals surface area contributed by atoms with Crippen LogP contribution in [0.2, 0.25) is 0 Å². The molecule has 2 aromatic heterocycles. The average Bonchev–Trinajstić information content (AvgIpc) is 3.34. The SMILES string of the molecule is CCOC(=O)Cc1csc(NC(=O)C2CCN(c3nc4ccc(C)cc4s3)CC2)n1. The van der Waals surface area contributed by atoms with E-state index in [1.807, 2.05) is 0 Å². The van der Waals surface area contributed by atoms with Crippen molar-refractivity contribution in [2.45, 2.75) is 33.1 Å². The summed E-state index contributed by atoms with van der Waals surface area (Å²) < 4.78 is 6.13. The van der Waals surface area contributed by atoms with Gasteiger partial charge in [0.05, 0.1) is 28.9 Å². The minimum atomic E-state index is -0.307. The van der Waals surface area contributed by atoms with Gasteiger partial charge in [0.2, 0.25) is 5.91 Å². The predicted molar refractivity (Wildman–Crippen MR) is 120 cm³/mol. The summed E-state index contributed by atoms with van der Waals surface area (Å²) in [6.45, 7) is 5.83. The molecule has 1 saturated heterocycles. The van der Waals surface area contributed by atoms with E-state index in [2.05, 4.69) is 40.3 Å². The molecule has 3 aromatic rings. The van der Waals surface area contributed by atoms with Gasteiger partial charge >= 0.3 is 5.97 Å². The summed E-state index contributed by atoms with van der Waals surface area (Å²) in [6.07, 6.45) is 1.68. The molecule has 1 aliphatic heterocycles. The van der Waals surface area contributed by atoms with Crippen LogP contribution in [0.1, 0.15) is 31.0 Å². The zero-order valence-electron chi connectivity index (χ0n) is 17.0. The highest BCUT2D eigenvalue weighted by atomic mass is 32.1. The molecular formula is C21H24N4O3S2. The number of anilines is 2. The minimum absolute atomic E-state index is 0.00777. The summed E-state index contributed by atoms with van der Waals surface area (Å²) in [5, 5.41) is 6.24. The van der Waals surface area contributed by atoms with Gasteiger partial charge < -0.3 is 15.0 Å². The van der Waals surface area contributed by atoms with Crippen molar-refractivity contribution in [2.24, 2.45) is 5.92 Å². The average molecular weight is 445 g/mol. The molecule has 0 spiro atoms. The van der Waals surface area contributed by atoms with Gasteiger partial charge in [0.25, 0.3) is 0 Å². The van der Waals surface area contributed by atoms with E-state index in [1.54, 1.807) is 23.6 Å². The molecule has 1 aromatic carbocycles. The number of ether oxygens (including phenoxy) is 1. The molecule has 158 valence electrons. The zero-order valence-corrected chi connectivity index (χ0v) is 18.6. The number of benzene rings is 1. The van der Waals surface area contributed by atoms with Crippen molar-refractivity contribution in [1.82, 2.24) is 9.97 Å². The highest BCUT2D eigenvalue weighted by Crippen LogP contribution is 2.32. The fourth-order valence-electron chi connectivity index (χ4n) is 3.50. The number of nitrogens with one attached hydrogen (secondary N) is 1. The van der Waals surface area contributed by atoms with E-state index in [-0.39, 0.29) is 24.2 Å². The maximum absolute atomic E-state index is 12.7. The lowest BCUT2D eigenvalue weighted by molar-refractivity contribution is -0.142. The largest absolute Gasteiger partial charge is 0.466 e. The predicted octanol–water partition coefficient (Wildman–Crippen LogP) is 4.02. The van der Waals surface area contributed by atoms with Gasteiger partial charge in [-0.05, 0) is 44.4 Å². The number of carbonyl (C=O) groups excluding carboxylic acids is 2. The van der Waals surface area contributed by atoms with Crippen LogP contribution in [0.25, 0.3) is 10.2 Å². The number of rotatable bonds is 6. The van der Waals surface area contributed by atoms with Gasteiger partial charge in [-0.3, -0.25) is 9.59 Å². The van der Waals surface area contributed by atoms with Crippen LogP contribution in [0.15, 0.2) is 23.6 Å². The summed E-state index contributed by atoms with van der Waals surface area (Å²) in [5.74, 6) is -0.361. The van der Waals surface area contributed by atoms with E-state index in [0.29, 0.717) is 17.4 Å². The monoisotopic (exact) mass is 444 g/mol. The van der Waals surface area contributed by atoms with E-state index in [0.717, 1.165) is 36.6 Å². The number of esters is 1. The van der Waals surface area contributed by atoms with Crippen molar-refractivity contribution in [3.8, 4) is 0 Å². The Balaban J connectivity index is 1.31. The van der Waals surface area contributed by atoms with Gasteiger partial charge in [-0.2, -0.15) is 0 Å². The van der Waals surface area contributed by atoms with Crippen LogP contribution in [0, 0.1) is 12.8 Å². The van der Waals surface area contributed by atoms with Crippen LogP contribution in [0.3, 0.4) is 0 Å². The molecule has 7 nitrogen and oxygen atoms in total. The first-order valence-electron chi connectivity index (χ1n) is 10.0. The Bertz CT molecular complexity index is 1050. The van der Waals surface area contributed by atoms with Gasteiger partial charge in [0.15, 0.2) is 10.3 Å². The summed E-state index contributed by atoms with van der Waals surface area (Å²) in [5.41, 5.74) is 2.89. The van der Waals surface area contributed by atoms with Crippen molar-refractivity contribution in [1.29, 1.82) is 0 Å². The number of piperidine rings is 1. The third-order valence-electron chi connectivity index (χ3n) is 5.08. The third-order valence-corrected chi connectivity index (χ3v) is 6.97. The first-order chi connectivity index (χ1) is 14.5. The van der Waals surface area contributed by atoms with E-state index in [9.17, 15) is 9.59 Å². The maximum Gasteiger partial charge on any atom is 0.311 e. The molecular weight excluding hydrogens is 420 g/mol. The fraction of sp³-hybridized carbons (Fsp3) is 0.429. The molecule has 1 N–H and O–H groups in total. The Labute approximate surface area is 183 Å². The number of aromatic nitrogens is 2. The fourth-order valence-corrected chi connectivity index (χ4v) is 5.33. The molecule has 30 heavy (non-hydrogen) atoms. The summed E-state index contributed by atoms with van der Waals surface area (Å²) in [7, 11) is 0. The quantitative estimate of drug-likeness (QED) is 0.578. The number of aryl methyl sites for hydroxylation is 1. The standard InChI is InChI=1S/C21H24N4O3S2/c1-3-28-18(26)11-15-12-29-20(22-15)24-19(27)14-6-8-25(9-7-14)21-23-16-5-4-13(2)10-17(16)30-21/h4-5,10,12,14H,3,6-9,11H2,1-2H3,(H,22,24,27). The number of nitrogens with zero attached hydrogens (tertiary/aromatic N) is 3. The number of thiazole rings is 2. The highest BCUT2D eigenvalue weighted by molar-refractivity contribution is 7.22. The van der Waals surface area contributed by atoms with Crippen LogP contribution in [0.4, 0.5) is 10.3 Å². The van der Waals surface area contributed by atoms with Gasteiger partial charge in [-0.15, -0.1) is 11.3 Å². The molecule has 0 bridgehead atoms. The lowest BCUT2D eigenvalue weighted by Crippen LogP contribution is -2.38. The van der Waals surface area contributed by atoms with Crippen molar-refractivity contribution in [2.75, 3.05) is 29.9 Å². The molecule has 0 aliphatic carbocycles. The third kappa shape index (κ3) is 4.79. The lowest BCUT2D eigenvalue weighted by Gasteiger charge is -2.30. The Morgan fingerprint density at radius 2 is 2.07 bits per heavy atom. The van der Waals surface area contributed by atoms with Crippen molar-refractivity contribution in [3.05, 3.63) is 34.8 Å². The molecule has 1 aliphatic rings. The number of fused-ring (bicyclic) bond motifs is 1. The van der Waals surface area contributed by atoms with Gasteiger partial charge in [-0.1, -0.05) is 17.4 Å². The van der Waals surface area contributed by atoms with E-state index in [1.165, 1.54) is 21.6 Å². The van der Waals surface area contributed by atoms with E-state index >= 15 is 0 Å². The van der Waals surface area contributed by atoms with Crippen LogP contribution >= 0.6 is 22.7 Å². The molecule has 0 atom stereocenters. The highest BCUT2D eigenvalue weighted by Gasteiger charge is 2.27. The van der Waals surface area contributed by atoms with E-state index in [4.69, 9.17) is 9.72 Å². The Morgan fingerprint density at radius 1 is 1.27 bits per heavy atom. The molecule has 1 fully saturated rings. The van der Waals surface area contributed by atoms with Crippen LogP contribution in [0.5, 0.6) is 0 Å². The Morgan fingerprint density at radius 3 is 2.83 bits per heavy atom. The van der Waals surface area contributed by atoms with Gasteiger partial charge in [-0.25, -0.2) is 9.97 Å². The van der Waals surface area contributed by atoms with Crippen molar-refractivity contribution >= 4 is 55.0 Å². The van der Waals surface area contributed by atoms with E-state index < -0.39 is 0 Å². The van der Waals surface area contributed by atoms with Gasteiger partial charge in [0, 0.05) is 24.4 Å². The van der Waals surface area contributed by atoms with Crippen LogP contribution < -0.4 is 10.2 Å². The number of hydrogen-bond acceptors (Lipinski definition) is 8. The Hall–Kier alpha value is -2.52. The topological polar surface area (TPSA) is 84.4 Å². The molecule has 4 rings (SSSR count). The molecule has 0 saturated carbocycles. The smallest absolute Gasteiger partial charge is 0.311 e. The Kier molecular flexibility index (Phi) is 6.29. The minimum Gasteiger partial charge on any atom is -0.466 e. The van der Waals surface area contributed by atoms with Crippen molar-refractivity contribution in [3.63, 3.8) is 0 Å². The first-order valence-corrected chi connectivity index (χ1v) is 11.7. The van der Waals surface area contributed by atoms with Crippen LogP contribution in [-0.4, -0.2) is 41.5 Å². The first kappa shape index (κ1) is 20.7. The zero-order chi connectivity index (χ0) is 21.1. The molecule has 9 heteroatoms. The second-order valence-corrected chi connectivity index (χ2v) is 9.21. The second kappa shape index (κ2) is 9.09. The van der Waals surface area contributed by atoms with Crippen LogP contribution in [-0.2, 0) is 20.7 Å². The summed E-state index contributed by atoms with van der Waals surface area (Å²) in [4.78, 5) is 35.6. The maximum atomic E-state index is 12.7. The molecule has 3 heterocycles. The normalized spacial score (nSPS) is 14.8. The second-order valence-electron chi connectivity index (χ2n) is 7.34.